The van der Waals surface area contributed by atoms with Crippen molar-refractivity contribution < 1.29 is 19.1 Å². The molecule has 0 bridgehead atoms. The summed E-state index contributed by atoms with van der Waals surface area (Å²) >= 11 is 0. The first-order valence-electron chi connectivity index (χ1n) is 10.1. The Morgan fingerprint density at radius 3 is 2.84 bits per heavy atom. The summed E-state index contributed by atoms with van der Waals surface area (Å²) in [6, 6.07) is 4.05. The fraction of sp³-hybridized carbons (Fsp3) is 0.429. The van der Waals surface area contributed by atoms with Crippen LogP contribution in [0.15, 0.2) is 36.8 Å². The molecule has 164 valence electrons. The molecule has 0 aliphatic carbocycles. The van der Waals surface area contributed by atoms with Gasteiger partial charge in [-0.1, -0.05) is 20.8 Å². The van der Waals surface area contributed by atoms with Crippen LogP contribution in [0.4, 0.5) is 9.18 Å². The summed E-state index contributed by atoms with van der Waals surface area (Å²) in [6.07, 6.45) is 5.02. The van der Waals surface area contributed by atoms with Crippen LogP contribution in [0.3, 0.4) is 0 Å². The second-order valence-electron chi connectivity index (χ2n) is 8.69. The Morgan fingerprint density at radius 1 is 1.29 bits per heavy atom. The zero-order chi connectivity index (χ0) is 22.2. The first-order chi connectivity index (χ1) is 14.7. The number of carboxylic acid groups (broad SMARTS) is 1. The maximum atomic E-state index is 13.7. The number of aromatic nitrogens is 4. The maximum absolute atomic E-state index is 13.7. The van der Waals surface area contributed by atoms with Crippen LogP contribution in [-0.2, 0) is 0 Å². The van der Waals surface area contributed by atoms with Crippen molar-refractivity contribution in [2.24, 2.45) is 5.41 Å². The molecule has 2 N–H and O–H groups in total. The number of halogens is 1. The maximum Gasteiger partial charge on any atom is 0.407 e. The van der Waals surface area contributed by atoms with E-state index in [-0.39, 0.29) is 23.4 Å². The van der Waals surface area contributed by atoms with Crippen molar-refractivity contribution in [3.63, 3.8) is 0 Å². The molecule has 1 aliphatic rings. The number of nitrogens with one attached hydrogen (secondary N) is 1. The van der Waals surface area contributed by atoms with E-state index in [0.717, 1.165) is 12.8 Å². The number of piperidine rings is 1. The van der Waals surface area contributed by atoms with Gasteiger partial charge in [-0.05, 0) is 30.4 Å². The summed E-state index contributed by atoms with van der Waals surface area (Å²) < 4.78 is 15.2. The number of likely N-dealkylation sites (tertiary alicyclic amines) is 1. The van der Waals surface area contributed by atoms with Crippen molar-refractivity contribution in [3.05, 3.63) is 42.6 Å². The number of hydrogen-bond donors (Lipinski definition) is 2. The first kappa shape index (κ1) is 21.0. The van der Waals surface area contributed by atoms with Gasteiger partial charge in [0.1, 0.15) is 17.2 Å². The molecule has 0 aromatic carbocycles. The highest BCUT2D eigenvalue weighted by Crippen LogP contribution is 2.32. The third-order valence-corrected chi connectivity index (χ3v) is 5.41. The molecule has 31 heavy (non-hydrogen) atoms. The van der Waals surface area contributed by atoms with Gasteiger partial charge in [0.05, 0.1) is 18.3 Å². The zero-order valence-corrected chi connectivity index (χ0v) is 17.6. The molecule has 3 aromatic rings. The average Bonchev–Trinajstić information content (AvgIpc) is 3.14. The van der Waals surface area contributed by atoms with Gasteiger partial charge in [0.15, 0.2) is 5.82 Å². The molecule has 1 unspecified atom stereocenters. The molecule has 2 atom stereocenters. The Labute approximate surface area is 178 Å². The van der Waals surface area contributed by atoms with Crippen LogP contribution in [0.2, 0.25) is 0 Å². The lowest BCUT2D eigenvalue weighted by molar-refractivity contribution is 0.000718. The number of nitrogens with zero attached hydrogens (tertiary/aromatic N) is 5. The molecule has 3 aromatic heterocycles. The summed E-state index contributed by atoms with van der Waals surface area (Å²) in [5.74, 6) is 0.214. The van der Waals surface area contributed by atoms with Crippen LogP contribution < -0.4 is 10.3 Å². The number of rotatable bonds is 4. The minimum atomic E-state index is -0.935. The minimum Gasteiger partial charge on any atom is -0.465 e. The number of carbonyl (C=O) groups is 1. The van der Waals surface area contributed by atoms with E-state index in [2.05, 4.69) is 20.4 Å². The van der Waals surface area contributed by atoms with Gasteiger partial charge < -0.3 is 14.8 Å². The third kappa shape index (κ3) is 4.29. The fourth-order valence-corrected chi connectivity index (χ4v) is 4.18. The third-order valence-electron chi connectivity index (χ3n) is 5.41. The van der Waals surface area contributed by atoms with Crippen molar-refractivity contribution in [1.82, 2.24) is 29.7 Å². The predicted octanol–water partition coefficient (Wildman–Crippen LogP) is 3.37. The van der Waals surface area contributed by atoms with Gasteiger partial charge >= 0.3 is 6.09 Å². The zero-order valence-electron chi connectivity index (χ0n) is 17.6. The largest absolute Gasteiger partial charge is 0.465 e. The van der Waals surface area contributed by atoms with Crippen molar-refractivity contribution in [3.8, 4) is 17.4 Å². The molecular weight excluding hydrogens is 403 g/mol. The first-order valence-corrected chi connectivity index (χ1v) is 10.1. The monoisotopic (exact) mass is 428 g/mol. The molecule has 0 spiro atoms. The van der Waals surface area contributed by atoms with Crippen molar-refractivity contribution in [1.29, 1.82) is 0 Å². The van der Waals surface area contributed by atoms with Crippen LogP contribution in [0.25, 0.3) is 17.2 Å². The smallest absolute Gasteiger partial charge is 0.407 e. The molecule has 0 radical (unpaired) electrons. The molecule has 10 heteroatoms. The highest BCUT2D eigenvalue weighted by molar-refractivity contribution is 5.66. The Bertz CT molecular complexity index is 1100. The average molecular weight is 428 g/mol. The fourth-order valence-electron chi connectivity index (χ4n) is 4.18. The van der Waals surface area contributed by atoms with Gasteiger partial charge in [0, 0.05) is 25.0 Å². The molecule has 1 saturated heterocycles. The quantitative estimate of drug-likeness (QED) is 0.614. The topological polar surface area (TPSA) is 105 Å². The Morgan fingerprint density at radius 2 is 2.10 bits per heavy atom. The van der Waals surface area contributed by atoms with Gasteiger partial charge in [0.2, 0.25) is 5.88 Å². The van der Waals surface area contributed by atoms with Crippen LogP contribution in [0.1, 0.15) is 33.6 Å². The van der Waals surface area contributed by atoms with E-state index in [1.807, 2.05) is 20.8 Å². The number of fused-ring (bicyclic) bond motifs is 1. The number of pyridine rings is 1. The number of hydroxylamine groups is 1. The van der Waals surface area contributed by atoms with E-state index < -0.39 is 11.9 Å². The molecule has 1 amide bonds. The molecule has 4 rings (SSSR count). The van der Waals surface area contributed by atoms with Gasteiger partial charge in [-0.2, -0.15) is 4.98 Å². The van der Waals surface area contributed by atoms with Crippen LogP contribution in [0, 0.1) is 11.2 Å². The molecule has 9 nitrogen and oxygen atoms in total. The van der Waals surface area contributed by atoms with Crippen molar-refractivity contribution >= 4 is 11.7 Å². The lowest BCUT2D eigenvalue weighted by Gasteiger charge is -2.46. The number of hydrogen-bond acceptors (Lipinski definition) is 6. The van der Waals surface area contributed by atoms with Crippen molar-refractivity contribution in [2.75, 3.05) is 6.54 Å². The number of amides is 1. The van der Waals surface area contributed by atoms with Crippen LogP contribution >= 0.6 is 0 Å². The molecule has 1 fully saturated rings. The second kappa shape index (κ2) is 8.10. The highest BCUT2D eigenvalue weighted by Gasteiger charge is 2.42. The normalized spacial score (nSPS) is 19.5. The van der Waals surface area contributed by atoms with E-state index in [0.29, 0.717) is 23.7 Å². The lowest BCUT2D eigenvalue weighted by Crippen LogP contribution is -2.61. The second-order valence-corrected chi connectivity index (χ2v) is 8.69. The van der Waals surface area contributed by atoms with Gasteiger partial charge in [-0.25, -0.2) is 19.2 Å². The lowest BCUT2D eigenvalue weighted by atomic mass is 9.78. The summed E-state index contributed by atoms with van der Waals surface area (Å²) in [6.45, 7) is 6.54. The Hall–Kier alpha value is -3.27. The van der Waals surface area contributed by atoms with Gasteiger partial charge in [-0.3, -0.25) is 4.40 Å². The van der Waals surface area contributed by atoms with Gasteiger partial charge in [0.25, 0.3) is 0 Å². The van der Waals surface area contributed by atoms with Crippen LogP contribution in [-0.4, -0.2) is 54.1 Å². The summed E-state index contributed by atoms with van der Waals surface area (Å²) in [7, 11) is 0. The summed E-state index contributed by atoms with van der Waals surface area (Å²) in [5.41, 5.74) is 3.85. The molecule has 1 aliphatic heterocycles. The van der Waals surface area contributed by atoms with E-state index in [1.54, 1.807) is 28.9 Å². The van der Waals surface area contributed by atoms with E-state index >= 15 is 0 Å². The Kier molecular flexibility index (Phi) is 5.48. The molecular formula is C21H25FN6O3. The molecule has 0 saturated carbocycles. The van der Waals surface area contributed by atoms with Crippen molar-refractivity contribution in [2.45, 2.75) is 45.7 Å². The minimum absolute atomic E-state index is 0.201. The van der Waals surface area contributed by atoms with E-state index in [1.165, 1.54) is 17.2 Å². The van der Waals surface area contributed by atoms with E-state index in [9.17, 15) is 14.3 Å². The molecule has 4 heterocycles. The Balaban J connectivity index is 1.55. The SMILES string of the molecule is CC(C)(C)C1[C@H](NOc2ccnc(-c3cnc4ccc(F)cn34)n2)CCCN1C(=O)O. The summed E-state index contributed by atoms with van der Waals surface area (Å²) in [4.78, 5) is 31.9. The number of imidazole rings is 1. The van der Waals surface area contributed by atoms with Gasteiger partial charge in [-0.15, -0.1) is 5.48 Å². The van der Waals surface area contributed by atoms with E-state index in [4.69, 9.17) is 4.84 Å². The standard InChI is InChI=1S/C21H25FN6O3/c1-21(2,3)18-14(5-4-10-27(18)20(29)30)26-31-17-8-9-23-19(25-17)15-11-24-16-7-6-13(22)12-28(15)16/h6-9,11-12,14,18,26H,4-5,10H2,1-3H3,(H,29,30)/t14-,18?/m1/s1. The highest BCUT2D eigenvalue weighted by atomic mass is 19.1. The summed E-state index contributed by atoms with van der Waals surface area (Å²) in [5, 5.41) is 9.62. The van der Waals surface area contributed by atoms with Crippen LogP contribution in [0.5, 0.6) is 5.88 Å². The predicted molar refractivity (Wildman–Crippen MR) is 111 cm³/mol.